The number of hydrogen-bond acceptors (Lipinski definition) is 7. The molecule has 1 amide bonds. The quantitative estimate of drug-likeness (QED) is 0.331. The topological polar surface area (TPSA) is 68.7 Å². The zero-order chi connectivity index (χ0) is 23.1. The van der Waals surface area contributed by atoms with Gasteiger partial charge in [0.2, 0.25) is 0 Å². The van der Waals surface area contributed by atoms with E-state index in [4.69, 9.17) is 9.47 Å². The van der Waals surface area contributed by atoms with E-state index in [0.717, 1.165) is 15.6 Å². The Morgan fingerprint density at radius 3 is 2.69 bits per heavy atom. The Hall–Kier alpha value is -2.91. The van der Waals surface area contributed by atoms with E-state index in [2.05, 4.69) is 4.98 Å². The molecule has 168 valence electrons. The maximum absolute atomic E-state index is 13.9. The molecule has 0 saturated heterocycles. The minimum absolute atomic E-state index is 0.137. The van der Waals surface area contributed by atoms with Gasteiger partial charge in [0.1, 0.15) is 0 Å². The molecule has 3 rings (SSSR count). The van der Waals surface area contributed by atoms with E-state index in [1.54, 1.807) is 36.6 Å². The van der Waals surface area contributed by atoms with E-state index < -0.39 is 24.3 Å². The molecule has 0 aliphatic carbocycles. The Morgan fingerprint density at radius 1 is 1.22 bits per heavy atom. The third-order valence-corrected chi connectivity index (χ3v) is 6.47. The average molecular weight is 475 g/mol. The molecule has 0 atom stereocenters. The average Bonchev–Trinajstić information content (AvgIpc) is 3.21. The first-order valence-electron chi connectivity index (χ1n) is 9.73. The number of aryl methyl sites for hydroxylation is 1. The molecular formula is C23H23FN2O4S2. The lowest BCUT2D eigenvalue weighted by Gasteiger charge is -2.18. The Kier molecular flexibility index (Phi) is 8.24. The number of esters is 1. The number of nitrogens with zero attached hydrogens (tertiary/aromatic N) is 2. The SMILES string of the molecule is COc1ccc(CN(C)C(=O)COC(=O)c2ccccc2SCc2csc(C)n2)cc1F. The first-order valence-corrected chi connectivity index (χ1v) is 11.6. The van der Waals surface area contributed by atoms with Crippen LogP contribution in [0.5, 0.6) is 5.75 Å². The molecule has 3 aromatic rings. The van der Waals surface area contributed by atoms with Crippen LogP contribution in [-0.2, 0) is 21.8 Å². The summed E-state index contributed by atoms with van der Waals surface area (Å²) in [4.78, 5) is 31.6. The maximum atomic E-state index is 13.9. The summed E-state index contributed by atoms with van der Waals surface area (Å²) in [5.41, 5.74) is 1.95. The van der Waals surface area contributed by atoms with Crippen molar-refractivity contribution in [2.45, 2.75) is 24.1 Å². The predicted octanol–water partition coefficient (Wildman–Crippen LogP) is 4.71. The fourth-order valence-corrected chi connectivity index (χ4v) is 4.52. The lowest BCUT2D eigenvalue weighted by molar-refractivity contribution is -0.133. The first kappa shape index (κ1) is 23.7. The number of benzene rings is 2. The molecule has 0 spiro atoms. The van der Waals surface area contributed by atoms with Crippen LogP contribution in [0.3, 0.4) is 0 Å². The lowest BCUT2D eigenvalue weighted by atomic mass is 10.2. The molecule has 0 saturated carbocycles. The smallest absolute Gasteiger partial charge is 0.339 e. The van der Waals surface area contributed by atoms with Gasteiger partial charge >= 0.3 is 5.97 Å². The van der Waals surface area contributed by atoms with Crippen molar-refractivity contribution in [2.24, 2.45) is 0 Å². The standard InChI is InChI=1S/C23H23FN2O4S2/c1-15-25-17(13-31-15)14-32-21-7-5-4-6-18(21)23(28)30-12-22(27)26(2)11-16-8-9-20(29-3)19(24)10-16/h4-10,13H,11-12,14H2,1-3H3. The van der Waals surface area contributed by atoms with Crippen molar-refractivity contribution in [3.63, 3.8) is 0 Å². The highest BCUT2D eigenvalue weighted by Gasteiger charge is 2.17. The largest absolute Gasteiger partial charge is 0.494 e. The minimum atomic E-state index is -0.570. The Balaban J connectivity index is 1.55. The number of rotatable bonds is 9. The van der Waals surface area contributed by atoms with Crippen LogP contribution in [0.1, 0.15) is 26.6 Å². The molecule has 2 aromatic carbocycles. The number of carbonyl (C=O) groups excluding carboxylic acids is 2. The van der Waals surface area contributed by atoms with Gasteiger partial charge in [-0.15, -0.1) is 23.1 Å². The Labute approximate surface area is 194 Å². The molecule has 9 heteroatoms. The predicted molar refractivity (Wildman–Crippen MR) is 123 cm³/mol. The van der Waals surface area contributed by atoms with Crippen LogP contribution < -0.4 is 4.74 Å². The van der Waals surface area contributed by atoms with E-state index in [-0.39, 0.29) is 12.3 Å². The van der Waals surface area contributed by atoms with Crippen molar-refractivity contribution >= 4 is 35.0 Å². The van der Waals surface area contributed by atoms with Gasteiger partial charge in [0.05, 0.1) is 23.4 Å². The molecule has 32 heavy (non-hydrogen) atoms. The molecule has 0 unspecified atom stereocenters. The number of amides is 1. The molecule has 1 aromatic heterocycles. The molecule has 6 nitrogen and oxygen atoms in total. The summed E-state index contributed by atoms with van der Waals surface area (Å²) in [6, 6.07) is 11.6. The van der Waals surface area contributed by atoms with Gasteiger partial charge in [0, 0.05) is 29.6 Å². The van der Waals surface area contributed by atoms with Gasteiger partial charge in [-0.2, -0.15) is 0 Å². The van der Waals surface area contributed by atoms with E-state index in [1.807, 2.05) is 24.4 Å². The number of aromatic nitrogens is 1. The second-order valence-electron chi connectivity index (χ2n) is 6.94. The van der Waals surface area contributed by atoms with Crippen LogP contribution in [-0.4, -0.2) is 42.5 Å². The van der Waals surface area contributed by atoms with Crippen molar-refractivity contribution in [3.8, 4) is 5.75 Å². The molecule has 0 aliphatic heterocycles. The van der Waals surface area contributed by atoms with Gasteiger partial charge < -0.3 is 14.4 Å². The monoisotopic (exact) mass is 474 g/mol. The molecule has 0 aliphatic rings. The Morgan fingerprint density at radius 2 is 2.00 bits per heavy atom. The Bertz CT molecular complexity index is 1100. The molecular weight excluding hydrogens is 451 g/mol. The van der Waals surface area contributed by atoms with Crippen molar-refractivity contribution in [1.29, 1.82) is 0 Å². The van der Waals surface area contributed by atoms with Crippen molar-refractivity contribution in [3.05, 3.63) is 75.5 Å². The lowest BCUT2D eigenvalue weighted by Crippen LogP contribution is -2.31. The molecule has 0 fully saturated rings. The molecule has 0 bridgehead atoms. The van der Waals surface area contributed by atoms with Gasteiger partial charge in [-0.25, -0.2) is 14.2 Å². The molecule has 1 heterocycles. The van der Waals surface area contributed by atoms with E-state index >= 15 is 0 Å². The fourth-order valence-electron chi connectivity index (χ4n) is 2.87. The third-order valence-electron chi connectivity index (χ3n) is 4.54. The van der Waals surface area contributed by atoms with Crippen LogP contribution in [0.25, 0.3) is 0 Å². The van der Waals surface area contributed by atoms with Crippen molar-refractivity contribution in [2.75, 3.05) is 20.8 Å². The normalized spacial score (nSPS) is 10.6. The number of halogens is 1. The van der Waals surface area contributed by atoms with Crippen molar-refractivity contribution in [1.82, 2.24) is 9.88 Å². The summed E-state index contributed by atoms with van der Waals surface area (Å²) >= 11 is 3.07. The summed E-state index contributed by atoms with van der Waals surface area (Å²) in [5.74, 6) is -0.691. The van der Waals surface area contributed by atoms with Crippen molar-refractivity contribution < 1.29 is 23.5 Å². The van der Waals surface area contributed by atoms with Gasteiger partial charge in [-0.3, -0.25) is 4.79 Å². The summed E-state index contributed by atoms with van der Waals surface area (Å²) in [6.07, 6.45) is 0. The molecule has 0 N–H and O–H groups in total. The summed E-state index contributed by atoms with van der Waals surface area (Å²) in [7, 11) is 2.96. The van der Waals surface area contributed by atoms with E-state index in [1.165, 1.54) is 35.9 Å². The zero-order valence-electron chi connectivity index (χ0n) is 18.0. The van der Waals surface area contributed by atoms with Crippen LogP contribution in [0.4, 0.5) is 4.39 Å². The number of thioether (sulfide) groups is 1. The van der Waals surface area contributed by atoms with E-state index in [9.17, 15) is 14.0 Å². The summed E-state index contributed by atoms with van der Waals surface area (Å²) < 4.78 is 24.0. The van der Waals surface area contributed by atoms with Gasteiger partial charge in [0.15, 0.2) is 18.2 Å². The van der Waals surface area contributed by atoms with Gasteiger partial charge in [0.25, 0.3) is 5.91 Å². The number of thiazole rings is 1. The fraction of sp³-hybridized carbons (Fsp3) is 0.261. The van der Waals surface area contributed by atoms with E-state index in [0.29, 0.717) is 16.9 Å². The maximum Gasteiger partial charge on any atom is 0.339 e. The second kappa shape index (κ2) is 11.1. The van der Waals surface area contributed by atoms with Crippen LogP contribution in [0.15, 0.2) is 52.7 Å². The zero-order valence-corrected chi connectivity index (χ0v) is 19.6. The molecule has 0 radical (unpaired) electrons. The second-order valence-corrected chi connectivity index (χ2v) is 9.02. The third kappa shape index (κ3) is 6.30. The summed E-state index contributed by atoms with van der Waals surface area (Å²) in [5, 5.41) is 2.99. The number of carbonyl (C=O) groups is 2. The number of ether oxygens (including phenoxy) is 2. The number of methoxy groups -OCH3 is 1. The highest BCUT2D eigenvalue weighted by Crippen LogP contribution is 2.27. The van der Waals surface area contributed by atoms with Crippen LogP contribution >= 0.6 is 23.1 Å². The number of likely N-dealkylation sites (N-methyl/N-ethyl adjacent to an activating group) is 1. The van der Waals surface area contributed by atoms with Gasteiger partial charge in [-0.05, 0) is 36.8 Å². The van der Waals surface area contributed by atoms with Crippen LogP contribution in [0.2, 0.25) is 0 Å². The minimum Gasteiger partial charge on any atom is -0.494 e. The van der Waals surface area contributed by atoms with Gasteiger partial charge in [-0.1, -0.05) is 18.2 Å². The number of hydrogen-bond donors (Lipinski definition) is 0. The highest BCUT2D eigenvalue weighted by molar-refractivity contribution is 7.98. The summed E-state index contributed by atoms with van der Waals surface area (Å²) in [6.45, 7) is 1.72. The van der Waals surface area contributed by atoms with Crippen LogP contribution in [0, 0.1) is 12.7 Å². The highest BCUT2D eigenvalue weighted by atomic mass is 32.2. The first-order chi connectivity index (χ1) is 15.4.